The summed E-state index contributed by atoms with van der Waals surface area (Å²) >= 11 is 0. The highest BCUT2D eigenvalue weighted by Gasteiger charge is 2.19. The van der Waals surface area contributed by atoms with Crippen LogP contribution in [-0.4, -0.2) is 16.5 Å². The number of aromatic nitrogens is 2. The summed E-state index contributed by atoms with van der Waals surface area (Å²) in [6, 6.07) is 1.46. The topological polar surface area (TPSA) is 49.8 Å². The molecule has 1 aromatic carbocycles. The van der Waals surface area contributed by atoms with Gasteiger partial charge in [-0.25, -0.2) is 22.5 Å². The van der Waals surface area contributed by atoms with Crippen LogP contribution >= 0.6 is 0 Å². The van der Waals surface area contributed by atoms with Crippen LogP contribution in [0.5, 0.6) is 0 Å². The summed E-state index contributed by atoms with van der Waals surface area (Å²) in [5.74, 6) is -5.78. The summed E-state index contributed by atoms with van der Waals surface area (Å²) in [4.78, 5) is 7.84. The van der Waals surface area contributed by atoms with Crippen molar-refractivity contribution < 1.29 is 17.6 Å². The maximum absolute atomic E-state index is 13.5. The lowest BCUT2D eigenvalue weighted by Crippen LogP contribution is -2.07. The van der Waals surface area contributed by atoms with Crippen LogP contribution in [0.2, 0.25) is 0 Å². The van der Waals surface area contributed by atoms with Gasteiger partial charge in [-0.3, -0.25) is 0 Å². The standard InChI is InChI=1S/C13H12F4N4/c1-2-4-18-13-19-5-3-9(21-13)20-12-10(16)7(14)6-8(15)11(12)17/h3,5-6H,2,4H2,1H3,(H2,18,19,20,21). The van der Waals surface area contributed by atoms with Crippen molar-refractivity contribution in [1.82, 2.24) is 9.97 Å². The van der Waals surface area contributed by atoms with Crippen LogP contribution in [0.1, 0.15) is 13.3 Å². The van der Waals surface area contributed by atoms with Gasteiger partial charge in [0.2, 0.25) is 5.95 Å². The van der Waals surface area contributed by atoms with Gasteiger partial charge in [0.25, 0.3) is 0 Å². The van der Waals surface area contributed by atoms with Crippen molar-refractivity contribution in [2.75, 3.05) is 17.2 Å². The van der Waals surface area contributed by atoms with Crippen LogP contribution in [-0.2, 0) is 0 Å². The molecule has 0 spiro atoms. The van der Waals surface area contributed by atoms with Gasteiger partial charge in [0.05, 0.1) is 0 Å². The molecule has 0 radical (unpaired) electrons. The smallest absolute Gasteiger partial charge is 0.224 e. The van der Waals surface area contributed by atoms with Crippen LogP contribution in [0.3, 0.4) is 0 Å². The van der Waals surface area contributed by atoms with Gasteiger partial charge in [-0.15, -0.1) is 0 Å². The Labute approximate surface area is 118 Å². The SMILES string of the molecule is CCCNc1nccc(Nc2c(F)c(F)cc(F)c2F)n1. The average molecular weight is 300 g/mol. The van der Waals surface area contributed by atoms with Gasteiger partial charge in [0, 0.05) is 18.8 Å². The minimum atomic E-state index is -1.52. The average Bonchev–Trinajstić information content (AvgIpc) is 2.48. The summed E-state index contributed by atoms with van der Waals surface area (Å²) < 4.78 is 53.3. The Bertz CT molecular complexity index is 622. The summed E-state index contributed by atoms with van der Waals surface area (Å²) in [7, 11) is 0. The quantitative estimate of drug-likeness (QED) is 0.654. The molecule has 21 heavy (non-hydrogen) atoms. The number of rotatable bonds is 5. The summed E-state index contributed by atoms with van der Waals surface area (Å²) in [6.45, 7) is 2.55. The van der Waals surface area contributed by atoms with Crippen LogP contribution < -0.4 is 10.6 Å². The van der Waals surface area contributed by atoms with Crippen molar-refractivity contribution >= 4 is 17.5 Å². The molecule has 0 unspecified atom stereocenters. The second kappa shape index (κ2) is 6.38. The summed E-state index contributed by atoms with van der Waals surface area (Å²) in [6.07, 6.45) is 2.18. The molecule has 0 atom stereocenters. The van der Waals surface area contributed by atoms with Crippen molar-refractivity contribution in [1.29, 1.82) is 0 Å². The molecule has 2 N–H and O–H groups in total. The Morgan fingerprint density at radius 2 is 1.76 bits per heavy atom. The normalized spacial score (nSPS) is 10.5. The second-order valence-corrected chi connectivity index (χ2v) is 4.16. The van der Waals surface area contributed by atoms with E-state index in [1.807, 2.05) is 6.92 Å². The number of hydrogen-bond donors (Lipinski definition) is 2. The van der Waals surface area contributed by atoms with Crippen LogP contribution in [0, 0.1) is 23.3 Å². The Morgan fingerprint density at radius 1 is 1.10 bits per heavy atom. The van der Waals surface area contributed by atoms with E-state index in [0.717, 1.165) is 6.42 Å². The zero-order valence-corrected chi connectivity index (χ0v) is 11.1. The van der Waals surface area contributed by atoms with E-state index in [0.29, 0.717) is 6.54 Å². The molecular formula is C13H12F4N4. The zero-order valence-electron chi connectivity index (χ0n) is 11.1. The number of nitrogens with zero attached hydrogens (tertiary/aromatic N) is 2. The van der Waals surface area contributed by atoms with Crippen LogP contribution in [0.4, 0.5) is 35.0 Å². The first kappa shape index (κ1) is 15.0. The van der Waals surface area contributed by atoms with Crippen molar-refractivity contribution in [3.05, 3.63) is 41.6 Å². The Kier molecular flexibility index (Phi) is 4.56. The third kappa shape index (κ3) is 3.39. The predicted octanol–water partition coefficient (Wildman–Crippen LogP) is 3.60. The largest absolute Gasteiger partial charge is 0.354 e. The maximum atomic E-state index is 13.5. The molecule has 0 aliphatic carbocycles. The molecule has 112 valence electrons. The third-order valence-electron chi connectivity index (χ3n) is 2.55. The third-order valence-corrected chi connectivity index (χ3v) is 2.55. The fourth-order valence-electron chi connectivity index (χ4n) is 1.56. The lowest BCUT2D eigenvalue weighted by atomic mass is 10.2. The molecule has 0 saturated heterocycles. The second-order valence-electron chi connectivity index (χ2n) is 4.16. The lowest BCUT2D eigenvalue weighted by molar-refractivity contribution is 0.459. The summed E-state index contributed by atoms with van der Waals surface area (Å²) in [5, 5.41) is 5.09. The molecule has 0 aliphatic rings. The molecule has 1 heterocycles. The van der Waals surface area contributed by atoms with Crippen molar-refractivity contribution in [3.8, 4) is 0 Å². The molecular weight excluding hydrogens is 288 g/mol. The van der Waals surface area contributed by atoms with Crippen molar-refractivity contribution in [3.63, 3.8) is 0 Å². The van der Waals surface area contributed by atoms with E-state index in [1.165, 1.54) is 12.3 Å². The Morgan fingerprint density at radius 3 is 2.38 bits per heavy atom. The molecule has 1 aromatic heterocycles. The number of hydrogen-bond acceptors (Lipinski definition) is 4. The molecule has 8 heteroatoms. The number of nitrogens with one attached hydrogen (secondary N) is 2. The molecule has 0 bridgehead atoms. The molecule has 0 saturated carbocycles. The monoisotopic (exact) mass is 300 g/mol. The molecule has 2 rings (SSSR count). The first-order valence-electron chi connectivity index (χ1n) is 6.19. The van der Waals surface area contributed by atoms with E-state index in [4.69, 9.17) is 0 Å². The fourth-order valence-corrected chi connectivity index (χ4v) is 1.56. The minimum Gasteiger partial charge on any atom is -0.354 e. The number of halogens is 4. The Hall–Kier alpha value is -2.38. The maximum Gasteiger partial charge on any atom is 0.224 e. The molecule has 0 fully saturated rings. The lowest BCUT2D eigenvalue weighted by Gasteiger charge is -2.10. The van der Waals surface area contributed by atoms with Crippen LogP contribution in [0.25, 0.3) is 0 Å². The van der Waals surface area contributed by atoms with Gasteiger partial charge in [0.1, 0.15) is 11.5 Å². The molecule has 2 aromatic rings. The zero-order chi connectivity index (χ0) is 15.4. The first-order chi connectivity index (χ1) is 10.0. The van der Waals surface area contributed by atoms with Gasteiger partial charge < -0.3 is 10.6 Å². The number of anilines is 3. The van der Waals surface area contributed by atoms with Gasteiger partial charge in [-0.2, -0.15) is 4.98 Å². The van der Waals surface area contributed by atoms with Crippen LogP contribution in [0.15, 0.2) is 18.3 Å². The van der Waals surface area contributed by atoms with Gasteiger partial charge in [-0.1, -0.05) is 6.92 Å². The molecule has 4 nitrogen and oxygen atoms in total. The van der Waals surface area contributed by atoms with E-state index in [-0.39, 0.29) is 17.8 Å². The van der Waals surface area contributed by atoms with Crippen molar-refractivity contribution in [2.24, 2.45) is 0 Å². The first-order valence-corrected chi connectivity index (χ1v) is 6.19. The van der Waals surface area contributed by atoms with Crippen molar-refractivity contribution in [2.45, 2.75) is 13.3 Å². The number of benzene rings is 1. The van der Waals surface area contributed by atoms with E-state index in [1.54, 1.807) is 0 Å². The summed E-state index contributed by atoms with van der Waals surface area (Å²) in [5.41, 5.74) is -0.937. The van der Waals surface area contributed by atoms with E-state index in [9.17, 15) is 17.6 Å². The Balaban J connectivity index is 2.30. The minimum absolute atomic E-state index is 0.00593. The van der Waals surface area contributed by atoms with E-state index >= 15 is 0 Å². The van der Waals surface area contributed by atoms with Gasteiger partial charge >= 0.3 is 0 Å². The fraction of sp³-hybridized carbons (Fsp3) is 0.231. The predicted molar refractivity (Wildman–Crippen MR) is 70.4 cm³/mol. The van der Waals surface area contributed by atoms with E-state index < -0.39 is 29.0 Å². The van der Waals surface area contributed by atoms with Gasteiger partial charge in [0.15, 0.2) is 23.3 Å². The highest BCUT2D eigenvalue weighted by molar-refractivity contribution is 5.58. The van der Waals surface area contributed by atoms with Gasteiger partial charge in [-0.05, 0) is 12.5 Å². The highest BCUT2D eigenvalue weighted by atomic mass is 19.2. The van der Waals surface area contributed by atoms with E-state index in [2.05, 4.69) is 20.6 Å². The highest BCUT2D eigenvalue weighted by Crippen LogP contribution is 2.26. The molecule has 0 aliphatic heterocycles. The molecule has 0 amide bonds.